The van der Waals surface area contributed by atoms with Gasteiger partial charge >= 0.3 is 10.2 Å². The molecule has 0 bridgehead atoms. The number of nitrogens with two attached hydrogens (primary N) is 2. The van der Waals surface area contributed by atoms with Gasteiger partial charge in [0.1, 0.15) is 0 Å². The summed E-state index contributed by atoms with van der Waals surface area (Å²) in [6.45, 7) is 0. The number of hydrazine groups is 2. The second kappa shape index (κ2) is 5.29. The molecule has 0 aliphatic carbocycles. The van der Waals surface area contributed by atoms with Gasteiger partial charge in [-0.1, -0.05) is 0 Å². The van der Waals surface area contributed by atoms with Gasteiger partial charge in [0.15, 0.2) is 0 Å². The number of hydrogen-bond donors (Lipinski definition) is 4. The van der Waals surface area contributed by atoms with Gasteiger partial charge in [-0.05, 0) is 18.2 Å². The molecule has 6 N–H and O–H groups in total. The number of nitrogens with one attached hydrogen (secondary N) is 2. The fraction of sp³-hybridized carbons (Fsp3) is 0.200. The van der Waals surface area contributed by atoms with Gasteiger partial charge < -0.3 is 5.73 Å². The van der Waals surface area contributed by atoms with Gasteiger partial charge in [0.25, 0.3) is 5.91 Å². The van der Waals surface area contributed by atoms with Crippen molar-refractivity contribution in [2.75, 3.05) is 19.8 Å². The zero-order chi connectivity index (χ0) is 15.8. The van der Waals surface area contributed by atoms with E-state index in [1.165, 1.54) is 37.3 Å². The number of rotatable bonds is 4. The number of amides is 1. The van der Waals surface area contributed by atoms with Gasteiger partial charge in [0.2, 0.25) is 5.95 Å². The Hall–Kier alpha value is -2.21. The second-order valence-corrected chi connectivity index (χ2v) is 5.90. The highest BCUT2D eigenvalue weighted by Crippen LogP contribution is 2.21. The number of anilines is 1. The van der Waals surface area contributed by atoms with Crippen LogP contribution in [0.4, 0.5) is 5.95 Å². The minimum atomic E-state index is -3.98. The summed E-state index contributed by atoms with van der Waals surface area (Å²) in [6, 6.07) is 4.29. The van der Waals surface area contributed by atoms with Crippen LogP contribution in [0.2, 0.25) is 0 Å². The van der Waals surface area contributed by atoms with Gasteiger partial charge in [-0.15, -0.1) is 4.83 Å². The highest BCUT2D eigenvalue weighted by molar-refractivity contribution is 7.88. The van der Waals surface area contributed by atoms with Crippen molar-refractivity contribution < 1.29 is 13.2 Å². The summed E-state index contributed by atoms with van der Waals surface area (Å²) < 4.78 is 25.3. The molecule has 1 aromatic heterocycles. The molecule has 1 amide bonds. The lowest BCUT2D eigenvalue weighted by Gasteiger charge is -2.14. The Balaban J connectivity index is 2.68. The van der Waals surface area contributed by atoms with Crippen LogP contribution in [0.3, 0.4) is 0 Å². The molecule has 2 rings (SSSR count). The van der Waals surface area contributed by atoms with Crippen LogP contribution in [0.15, 0.2) is 18.2 Å². The lowest BCUT2D eigenvalue weighted by Crippen LogP contribution is -2.40. The van der Waals surface area contributed by atoms with Crippen molar-refractivity contribution in [2.45, 2.75) is 0 Å². The molecule has 0 spiro atoms. The quantitative estimate of drug-likeness (QED) is 0.301. The topological polar surface area (TPSA) is 148 Å². The fourth-order valence-corrected chi connectivity index (χ4v) is 3.06. The first-order valence-electron chi connectivity index (χ1n) is 5.75. The highest BCUT2D eigenvalue weighted by atomic mass is 32.2. The average Bonchev–Trinajstić information content (AvgIpc) is 2.71. The summed E-state index contributed by atoms with van der Waals surface area (Å²) in [5.41, 5.74) is 8.33. The van der Waals surface area contributed by atoms with E-state index in [0.717, 1.165) is 3.97 Å². The Bertz CT molecular complexity index is 796. The number of benzene rings is 1. The zero-order valence-electron chi connectivity index (χ0n) is 11.4. The van der Waals surface area contributed by atoms with E-state index in [1.54, 1.807) is 0 Å². The van der Waals surface area contributed by atoms with E-state index < -0.39 is 16.1 Å². The third-order valence-corrected chi connectivity index (χ3v) is 4.03. The number of carbonyl (C=O) groups excluding carboxylic acids is 1. The van der Waals surface area contributed by atoms with E-state index in [1.807, 2.05) is 5.43 Å². The smallest absolute Gasteiger partial charge is 0.321 e. The van der Waals surface area contributed by atoms with Crippen LogP contribution in [-0.4, -0.2) is 42.4 Å². The molecule has 1 heterocycles. The van der Waals surface area contributed by atoms with Crippen LogP contribution >= 0.6 is 0 Å². The van der Waals surface area contributed by atoms with Gasteiger partial charge in [0.05, 0.1) is 11.0 Å². The maximum atomic E-state index is 12.3. The Kier molecular flexibility index (Phi) is 3.82. The molecule has 1 aromatic carbocycles. The number of aromatic nitrogens is 2. The van der Waals surface area contributed by atoms with Crippen molar-refractivity contribution >= 4 is 33.1 Å². The fourth-order valence-electron chi connectivity index (χ4n) is 1.82. The normalized spacial score (nSPS) is 12.0. The minimum absolute atomic E-state index is 0.169. The molecule has 114 valence electrons. The molecule has 0 atom stereocenters. The predicted octanol–water partition coefficient (Wildman–Crippen LogP) is -1.62. The van der Waals surface area contributed by atoms with Crippen molar-refractivity contribution in [1.29, 1.82) is 0 Å². The Morgan fingerprint density at radius 3 is 2.62 bits per heavy atom. The van der Waals surface area contributed by atoms with Crippen LogP contribution in [0.25, 0.3) is 11.0 Å². The monoisotopic (exact) mass is 313 g/mol. The maximum absolute atomic E-state index is 12.3. The molecule has 2 aromatic rings. The SMILES string of the molecule is CN(C)NS(=O)(=O)n1c(N)nc2ccc(C(=O)NN)cc21. The number of nitrogen functional groups attached to an aromatic ring is 2. The van der Waals surface area contributed by atoms with Crippen molar-refractivity contribution in [3.8, 4) is 0 Å². The Labute approximate surface area is 120 Å². The highest BCUT2D eigenvalue weighted by Gasteiger charge is 2.22. The molecule has 0 fully saturated rings. The summed E-state index contributed by atoms with van der Waals surface area (Å²) in [5, 5.41) is 1.25. The van der Waals surface area contributed by atoms with Crippen molar-refractivity contribution in [3.63, 3.8) is 0 Å². The van der Waals surface area contributed by atoms with Gasteiger partial charge in [-0.3, -0.25) is 10.2 Å². The molecule has 21 heavy (non-hydrogen) atoms. The molecule has 0 saturated heterocycles. The number of nitrogens with zero attached hydrogens (tertiary/aromatic N) is 3. The first kappa shape index (κ1) is 15.2. The van der Waals surface area contributed by atoms with Crippen LogP contribution in [-0.2, 0) is 10.2 Å². The maximum Gasteiger partial charge on any atom is 0.321 e. The van der Waals surface area contributed by atoms with E-state index >= 15 is 0 Å². The number of hydrogen-bond acceptors (Lipinski definition) is 7. The molecular weight excluding hydrogens is 298 g/mol. The molecule has 11 heteroatoms. The molecule has 10 nitrogen and oxygen atoms in total. The van der Waals surface area contributed by atoms with Crippen LogP contribution in [0.5, 0.6) is 0 Å². The first-order chi connectivity index (χ1) is 9.76. The summed E-state index contributed by atoms with van der Waals surface area (Å²) in [5.74, 6) is 4.29. The van der Waals surface area contributed by atoms with E-state index in [0.29, 0.717) is 5.52 Å². The van der Waals surface area contributed by atoms with Crippen LogP contribution < -0.4 is 21.8 Å². The van der Waals surface area contributed by atoms with Gasteiger partial charge in [-0.2, -0.15) is 12.4 Å². The van der Waals surface area contributed by atoms with E-state index in [4.69, 9.17) is 11.6 Å². The first-order valence-corrected chi connectivity index (χ1v) is 7.19. The minimum Gasteiger partial charge on any atom is -0.368 e. The van der Waals surface area contributed by atoms with Crippen LogP contribution in [0, 0.1) is 0 Å². The Morgan fingerprint density at radius 2 is 2.05 bits per heavy atom. The van der Waals surface area contributed by atoms with Crippen LogP contribution in [0.1, 0.15) is 10.4 Å². The van der Waals surface area contributed by atoms with E-state index in [2.05, 4.69) is 9.82 Å². The van der Waals surface area contributed by atoms with E-state index in [-0.39, 0.29) is 17.0 Å². The summed E-state index contributed by atoms with van der Waals surface area (Å²) in [7, 11) is -0.952. The molecule has 0 aliphatic heterocycles. The number of fused-ring (bicyclic) bond motifs is 1. The van der Waals surface area contributed by atoms with Gasteiger partial charge in [0, 0.05) is 19.7 Å². The molecule has 0 saturated carbocycles. The molecule has 0 aliphatic rings. The number of carbonyl (C=O) groups is 1. The standard InChI is InChI=1S/C10H15N7O3S/c1-16(2)15-21(19,20)17-8-5-6(9(18)14-12)3-4-7(8)13-10(17)11/h3-5,15H,12H2,1-2H3,(H2,11,13)(H,14,18). The average molecular weight is 313 g/mol. The predicted molar refractivity (Wildman–Crippen MR) is 76.9 cm³/mol. The third-order valence-electron chi connectivity index (χ3n) is 2.57. The molecule has 0 radical (unpaired) electrons. The third kappa shape index (κ3) is 2.80. The zero-order valence-corrected chi connectivity index (χ0v) is 12.2. The summed E-state index contributed by atoms with van der Waals surface area (Å²) in [6.07, 6.45) is 0. The molecule has 0 unspecified atom stereocenters. The second-order valence-electron chi connectivity index (χ2n) is 4.40. The number of imidazole rings is 1. The Morgan fingerprint density at radius 1 is 1.38 bits per heavy atom. The van der Waals surface area contributed by atoms with Crippen molar-refractivity contribution in [3.05, 3.63) is 23.8 Å². The lowest BCUT2D eigenvalue weighted by atomic mass is 10.2. The summed E-state index contributed by atoms with van der Waals surface area (Å²) in [4.78, 5) is 17.7. The van der Waals surface area contributed by atoms with Crippen molar-refractivity contribution in [1.82, 2.24) is 24.2 Å². The molecular formula is C10H15N7O3S. The van der Waals surface area contributed by atoms with E-state index in [9.17, 15) is 13.2 Å². The van der Waals surface area contributed by atoms with Crippen molar-refractivity contribution in [2.24, 2.45) is 5.84 Å². The van der Waals surface area contributed by atoms with Gasteiger partial charge in [-0.25, -0.2) is 15.8 Å². The summed E-state index contributed by atoms with van der Waals surface area (Å²) >= 11 is 0. The lowest BCUT2D eigenvalue weighted by molar-refractivity contribution is 0.0953. The largest absolute Gasteiger partial charge is 0.368 e.